The lowest BCUT2D eigenvalue weighted by Crippen LogP contribution is -1.97. The molecule has 1 nitrogen and oxygen atoms in total. The topological polar surface area (TPSA) is 9.23 Å². The second-order valence-electron chi connectivity index (χ2n) is 13.6. The minimum atomic E-state index is 0.995. The number of hydrogen-bond acceptors (Lipinski definition) is 1. The van der Waals surface area contributed by atoms with E-state index < -0.39 is 0 Å². The molecule has 0 aliphatic rings. The van der Waals surface area contributed by atoms with Gasteiger partial charge in [-0.15, -0.1) is 0 Å². The van der Waals surface area contributed by atoms with Crippen LogP contribution in [-0.4, -0.2) is 13.2 Å². The van der Waals surface area contributed by atoms with Gasteiger partial charge in [-0.05, 0) is 12.8 Å². The maximum absolute atomic E-state index is 5.84. The van der Waals surface area contributed by atoms with Gasteiger partial charge in [0, 0.05) is 13.2 Å². The van der Waals surface area contributed by atoms with E-state index in [1.165, 1.54) is 231 Å². The Bertz CT molecular complexity index is 381. The molecule has 0 unspecified atom stereocenters. The predicted octanol–water partition coefficient (Wildman–Crippen LogP) is 15.1. The quantitative estimate of drug-likeness (QED) is 0.0662. The van der Waals surface area contributed by atoms with Crippen molar-refractivity contribution in [2.24, 2.45) is 0 Å². The summed E-state index contributed by atoms with van der Waals surface area (Å²) in [4.78, 5) is 0. The average Bonchev–Trinajstić information content (AvgIpc) is 2.98. The molecule has 248 valence electrons. The highest BCUT2D eigenvalue weighted by Crippen LogP contribution is 2.16. The fourth-order valence-corrected chi connectivity index (χ4v) is 6.31. The van der Waals surface area contributed by atoms with Crippen LogP contribution in [0.4, 0.5) is 0 Å². The minimum Gasteiger partial charge on any atom is -0.381 e. The Balaban J connectivity index is 3.02. The van der Waals surface area contributed by atoms with Crippen LogP contribution in [0.3, 0.4) is 0 Å². The molecule has 0 aromatic rings. The van der Waals surface area contributed by atoms with E-state index in [1.807, 2.05) is 0 Å². The minimum absolute atomic E-state index is 0.995. The van der Waals surface area contributed by atoms with Crippen LogP contribution in [0.5, 0.6) is 0 Å². The lowest BCUT2D eigenvalue weighted by atomic mass is 10.0. The van der Waals surface area contributed by atoms with E-state index in [0.29, 0.717) is 0 Å². The number of unbranched alkanes of at least 4 members (excludes halogenated alkanes) is 34. The Kier molecular flexibility index (Phi) is 39.9. The van der Waals surface area contributed by atoms with Crippen molar-refractivity contribution in [3.05, 3.63) is 0 Å². The lowest BCUT2D eigenvalue weighted by Gasteiger charge is -2.05. The first-order chi connectivity index (χ1) is 20.4. The molecule has 0 heterocycles. The van der Waals surface area contributed by atoms with Gasteiger partial charge >= 0.3 is 0 Å². The van der Waals surface area contributed by atoms with Crippen molar-refractivity contribution in [3.63, 3.8) is 0 Å². The predicted molar refractivity (Wildman–Crippen MR) is 188 cm³/mol. The Morgan fingerprint density at radius 1 is 0.195 bits per heavy atom. The molecule has 0 amide bonds. The molecule has 41 heavy (non-hydrogen) atoms. The van der Waals surface area contributed by atoms with Gasteiger partial charge in [0.25, 0.3) is 0 Å². The van der Waals surface area contributed by atoms with Gasteiger partial charge < -0.3 is 4.74 Å². The lowest BCUT2D eigenvalue weighted by molar-refractivity contribution is 0.125. The smallest absolute Gasteiger partial charge is 0.0466 e. The fraction of sp³-hybridized carbons (Fsp3) is 1.00. The normalized spacial score (nSPS) is 11.6. The largest absolute Gasteiger partial charge is 0.381 e. The van der Waals surface area contributed by atoms with Crippen LogP contribution in [0.1, 0.15) is 245 Å². The summed E-state index contributed by atoms with van der Waals surface area (Å²) in [6, 6.07) is 0. The van der Waals surface area contributed by atoms with Gasteiger partial charge in [-0.3, -0.25) is 0 Å². The number of ether oxygens (including phenoxy) is 1. The van der Waals surface area contributed by atoms with E-state index in [0.717, 1.165) is 13.2 Å². The molecule has 0 spiro atoms. The fourth-order valence-electron chi connectivity index (χ4n) is 6.31. The molecule has 0 saturated carbocycles. The second-order valence-corrected chi connectivity index (χ2v) is 13.6. The Hall–Kier alpha value is -0.0400. The third kappa shape index (κ3) is 40.0. The summed E-state index contributed by atoms with van der Waals surface area (Å²) in [7, 11) is 0. The van der Waals surface area contributed by atoms with Gasteiger partial charge in [-0.1, -0.05) is 232 Å². The second kappa shape index (κ2) is 40.0. The van der Waals surface area contributed by atoms with E-state index in [2.05, 4.69) is 13.8 Å². The summed E-state index contributed by atoms with van der Waals surface area (Å²) in [5, 5.41) is 0. The summed E-state index contributed by atoms with van der Waals surface area (Å²) in [6.45, 7) is 6.59. The molecule has 0 aromatic carbocycles. The zero-order chi connectivity index (χ0) is 29.6. The van der Waals surface area contributed by atoms with Crippen molar-refractivity contribution in [3.8, 4) is 0 Å². The van der Waals surface area contributed by atoms with Crippen molar-refractivity contribution in [1.82, 2.24) is 0 Å². The molecule has 0 fully saturated rings. The summed E-state index contributed by atoms with van der Waals surface area (Å²) in [6.07, 6.45) is 52.1. The van der Waals surface area contributed by atoms with Gasteiger partial charge in [-0.2, -0.15) is 0 Å². The third-order valence-electron chi connectivity index (χ3n) is 9.28. The van der Waals surface area contributed by atoms with Crippen LogP contribution in [0, 0.1) is 0 Å². The van der Waals surface area contributed by atoms with E-state index in [4.69, 9.17) is 4.74 Å². The molecule has 0 aliphatic heterocycles. The Labute approximate surface area is 262 Å². The zero-order valence-corrected chi connectivity index (χ0v) is 29.3. The molecule has 0 aromatic heterocycles. The first-order valence-corrected chi connectivity index (χ1v) is 20.0. The van der Waals surface area contributed by atoms with Crippen LogP contribution in [0.15, 0.2) is 0 Å². The first-order valence-electron chi connectivity index (χ1n) is 20.0. The molecular weight excluding hydrogens is 496 g/mol. The number of rotatable bonds is 38. The molecule has 0 bridgehead atoms. The van der Waals surface area contributed by atoms with Crippen molar-refractivity contribution in [2.45, 2.75) is 245 Å². The highest BCUT2D eigenvalue weighted by Gasteiger charge is 1.97. The van der Waals surface area contributed by atoms with E-state index in [1.54, 1.807) is 0 Å². The maximum atomic E-state index is 5.84. The van der Waals surface area contributed by atoms with Gasteiger partial charge in [0.05, 0.1) is 0 Å². The molecule has 0 radical (unpaired) electrons. The molecule has 0 rings (SSSR count). The average molecular weight is 579 g/mol. The summed E-state index contributed by atoms with van der Waals surface area (Å²) in [5.74, 6) is 0. The highest BCUT2D eigenvalue weighted by molar-refractivity contribution is 4.52. The number of hydrogen-bond donors (Lipinski definition) is 0. The molecule has 0 atom stereocenters. The summed E-state index contributed by atoms with van der Waals surface area (Å²) in [5.41, 5.74) is 0. The summed E-state index contributed by atoms with van der Waals surface area (Å²) >= 11 is 0. The molecule has 0 aliphatic carbocycles. The van der Waals surface area contributed by atoms with Crippen LogP contribution < -0.4 is 0 Å². The van der Waals surface area contributed by atoms with Crippen LogP contribution in [0.2, 0.25) is 0 Å². The molecular formula is C40H82O. The van der Waals surface area contributed by atoms with Gasteiger partial charge in [-0.25, -0.2) is 0 Å². The van der Waals surface area contributed by atoms with Crippen molar-refractivity contribution in [1.29, 1.82) is 0 Å². The van der Waals surface area contributed by atoms with Crippen molar-refractivity contribution in [2.75, 3.05) is 13.2 Å². The molecule has 1 heteroatoms. The van der Waals surface area contributed by atoms with Crippen LogP contribution in [0.25, 0.3) is 0 Å². The van der Waals surface area contributed by atoms with Crippen LogP contribution in [-0.2, 0) is 4.74 Å². The van der Waals surface area contributed by atoms with Crippen LogP contribution >= 0.6 is 0 Å². The van der Waals surface area contributed by atoms with Crippen molar-refractivity contribution >= 4 is 0 Å². The van der Waals surface area contributed by atoms with E-state index >= 15 is 0 Å². The molecule has 0 N–H and O–H groups in total. The zero-order valence-electron chi connectivity index (χ0n) is 29.3. The van der Waals surface area contributed by atoms with Crippen molar-refractivity contribution < 1.29 is 4.74 Å². The Morgan fingerprint density at radius 3 is 0.512 bits per heavy atom. The molecule has 0 saturated heterocycles. The van der Waals surface area contributed by atoms with Gasteiger partial charge in [0.1, 0.15) is 0 Å². The highest BCUT2D eigenvalue weighted by atomic mass is 16.5. The third-order valence-corrected chi connectivity index (χ3v) is 9.28. The summed E-state index contributed by atoms with van der Waals surface area (Å²) < 4.78 is 5.84. The monoisotopic (exact) mass is 579 g/mol. The standard InChI is InChI=1S/C40H82O/c1-3-5-7-9-11-13-14-15-16-17-18-19-20-21-22-23-24-25-26-27-28-29-30-31-32-34-36-38-40-41-39-37-35-33-12-10-8-6-4-2/h3-40H2,1-2H3. The van der Waals surface area contributed by atoms with Gasteiger partial charge in [0.15, 0.2) is 0 Å². The SMILES string of the molecule is CCCCCCCCCCCCCCCCCCCCCCCCCCCCCCOCCCCCCCCCC. The Morgan fingerprint density at radius 2 is 0.341 bits per heavy atom. The van der Waals surface area contributed by atoms with Gasteiger partial charge in [0.2, 0.25) is 0 Å². The van der Waals surface area contributed by atoms with E-state index in [9.17, 15) is 0 Å². The van der Waals surface area contributed by atoms with E-state index in [-0.39, 0.29) is 0 Å². The first kappa shape index (κ1) is 41.0. The maximum Gasteiger partial charge on any atom is 0.0466 e.